The van der Waals surface area contributed by atoms with Gasteiger partial charge >= 0.3 is 0 Å². The molecule has 0 amide bonds. The van der Waals surface area contributed by atoms with Crippen LogP contribution in [-0.4, -0.2) is 42.4 Å². The topological polar surface area (TPSA) is 76.1 Å². The molecule has 0 saturated heterocycles. The third-order valence-electron chi connectivity index (χ3n) is 5.27. The summed E-state index contributed by atoms with van der Waals surface area (Å²) in [6, 6.07) is 14.6. The highest BCUT2D eigenvalue weighted by Gasteiger charge is 2.21. The molecular formula is C24H25NO5. The van der Waals surface area contributed by atoms with Crippen LogP contribution in [0.2, 0.25) is 0 Å². The first-order valence-electron chi connectivity index (χ1n) is 10.2. The predicted molar refractivity (Wildman–Crippen MR) is 117 cm³/mol. The van der Waals surface area contributed by atoms with E-state index < -0.39 is 6.10 Å². The molecule has 0 fully saturated rings. The van der Waals surface area contributed by atoms with Gasteiger partial charge in [0.2, 0.25) is 11.2 Å². The SMILES string of the molecule is CCN(CC)CC(O)COc1c(-c2ccccc2)oc2c(ccc3occc32)c1=O. The molecular weight excluding hydrogens is 382 g/mol. The molecule has 6 heteroatoms. The number of ether oxygens (including phenoxy) is 1. The van der Waals surface area contributed by atoms with Crippen molar-refractivity contribution in [3.05, 3.63) is 65.0 Å². The van der Waals surface area contributed by atoms with Gasteiger partial charge < -0.3 is 23.6 Å². The normalized spacial score (nSPS) is 12.7. The van der Waals surface area contributed by atoms with Gasteiger partial charge in [-0.25, -0.2) is 0 Å². The quantitative estimate of drug-likeness (QED) is 0.470. The molecule has 2 aromatic carbocycles. The van der Waals surface area contributed by atoms with Gasteiger partial charge in [-0.15, -0.1) is 0 Å². The van der Waals surface area contributed by atoms with Crippen molar-refractivity contribution in [3.8, 4) is 17.1 Å². The van der Waals surface area contributed by atoms with Crippen molar-refractivity contribution in [1.82, 2.24) is 4.90 Å². The lowest BCUT2D eigenvalue weighted by Gasteiger charge is -2.22. The molecule has 30 heavy (non-hydrogen) atoms. The second kappa shape index (κ2) is 8.73. The lowest BCUT2D eigenvalue weighted by Crippen LogP contribution is -2.35. The number of nitrogens with zero attached hydrogens (tertiary/aromatic N) is 1. The Kier molecular flexibility index (Phi) is 5.88. The summed E-state index contributed by atoms with van der Waals surface area (Å²) in [6.07, 6.45) is 0.847. The van der Waals surface area contributed by atoms with Gasteiger partial charge in [0.05, 0.1) is 17.0 Å². The number of rotatable bonds is 8. The van der Waals surface area contributed by atoms with E-state index in [1.807, 2.05) is 44.2 Å². The van der Waals surface area contributed by atoms with Crippen molar-refractivity contribution < 1.29 is 18.7 Å². The fraction of sp³-hybridized carbons (Fsp3) is 0.292. The van der Waals surface area contributed by atoms with Crippen molar-refractivity contribution in [2.75, 3.05) is 26.2 Å². The molecule has 4 aromatic rings. The minimum atomic E-state index is -0.722. The van der Waals surface area contributed by atoms with Gasteiger partial charge in [-0.2, -0.15) is 0 Å². The molecule has 1 unspecified atom stereocenters. The third-order valence-corrected chi connectivity index (χ3v) is 5.27. The Labute approximate surface area is 174 Å². The third kappa shape index (κ3) is 3.84. The number of hydrogen-bond acceptors (Lipinski definition) is 6. The maximum absolute atomic E-state index is 13.3. The fourth-order valence-corrected chi connectivity index (χ4v) is 3.60. The molecule has 0 spiro atoms. The number of furan rings is 1. The van der Waals surface area contributed by atoms with Gasteiger partial charge in [0, 0.05) is 12.1 Å². The summed E-state index contributed by atoms with van der Waals surface area (Å²) < 4.78 is 17.5. The molecule has 0 saturated carbocycles. The van der Waals surface area contributed by atoms with E-state index in [4.69, 9.17) is 13.6 Å². The lowest BCUT2D eigenvalue weighted by molar-refractivity contribution is 0.0709. The molecule has 0 radical (unpaired) electrons. The zero-order valence-electron chi connectivity index (χ0n) is 17.1. The van der Waals surface area contributed by atoms with Gasteiger partial charge in [0.25, 0.3) is 0 Å². The molecule has 4 rings (SSSR count). The maximum Gasteiger partial charge on any atom is 0.235 e. The first kappa shape index (κ1) is 20.2. The van der Waals surface area contributed by atoms with E-state index in [1.54, 1.807) is 24.5 Å². The van der Waals surface area contributed by atoms with E-state index in [2.05, 4.69) is 4.90 Å². The van der Waals surface area contributed by atoms with Crippen LogP contribution in [0, 0.1) is 0 Å². The Balaban J connectivity index is 1.78. The van der Waals surface area contributed by atoms with E-state index >= 15 is 0 Å². The monoisotopic (exact) mass is 407 g/mol. The summed E-state index contributed by atoms with van der Waals surface area (Å²) in [6.45, 7) is 6.23. The highest BCUT2D eigenvalue weighted by molar-refractivity contribution is 6.02. The second-order valence-corrected chi connectivity index (χ2v) is 7.18. The molecule has 0 aliphatic rings. The van der Waals surface area contributed by atoms with Crippen molar-refractivity contribution in [2.45, 2.75) is 20.0 Å². The van der Waals surface area contributed by atoms with Gasteiger partial charge in [-0.1, -0.05) is 44.2 Å². The number of aliphatic hydroxyl groups is 1. The summed E-state index contributed by atoms with van der Waals surface area (Å²) in [7, 11) is 0. The smallest absolute Gasteiger partial charge is 0.235 e. The maximum atomic E-state index is 13.3. The Morgan fingerprint density at radius 3 is 2.53 bits per heavy atom. The average Bonchev–Trinajstić information content (AvgIpc) is 3.26. The predicted octanol–water partition coefficient (Wildman–Crippen LogP) is 4.29. The Morgan fingerprint density at radius 1 is 1.03 bits per heavy atom. The molecule has 0 aliphatic carbocycles. The molecule has 156 valence electrons. The van der Waals surface area contributed by atoms with Gasteiger partial charge in [-0.05, 0) is 31.3 Å². The van der Waals surface area contributed by atoms with Crippen LogP contribution < -0.4 is 10.2 Å². The lowest BCUT2D eigenvalue weighted by atomic mass is 10.1. The molecule has 2 heterocycles. The van der Waals surface area contributed by atoms with Crippen LogP contribution in [0.25, 0.3) is 33.3 Å². The first-order chi connectivity index (χ1) is 14.6. The van der Waals surface area contributed by atoms with Crippen molar-refractivity contribution >= 4 is 21.9 Å². The molecule has 0 bridgehead atoms. The number of aliphatic hydroxyl groups excluding tert-OH is 1. The van der Waals surface area contributed by atoms with Crippen molar-refractivity contribution in [1.29, 1.82) is 0 Å². The standard InChI is InChI=1S/C24H25NO5/c1-3-25(4-2)14-17(26)15-29-24-21(27)19-10-11-20-18(12-13-28-20)23(19)30-22(24)16-8-6-5-7-9-16/h5-13,17,26H,3-4,14-15H2,1-2H3. The summed E-state index contributed by atoms with van der Waals surface area (Å²) in [5.74, 6) is 0.451. The highest BCUT2D eigenvalue weighted by atomic mass is 16.5. The summed E-state index contributed by atoms with van der Waals surface area (Å²) in [4.78, 5) is 15.4. The number of fused-ring (bicyclic) bond motifs is 3. The van der Waals surface area contributed by atoms with E-state index in [0.29, 0.717) is 28.9 Å². The van der Waals surface area contributed by atoms with Crippen LogP contribution in [-0.2, 0) is 0 Å². The molecule has 6 nitrogen and oxygen atoms in total. The summed E-state index contributed by atoms with van der Waals surface area (Å²) in [5.41, 5.74) is 1.56. The zero-order valence-corrected chi connectivity index (χ0v) is 17.1. The van der Waals surface area contributed by atoms with E-state index in [0.717, 1.165) is 24.0 Å². The van der Waals surface area contributed by atoms with Gasteiger partial charge in [0.1, 0.15) is 23.9 Å². The number of benzene rings is 2. The molecule has 1 atom stereocenters. The minimum Gasteiger partial charge on any atom is -0.483 e. The minimum absolute atomic E-state index is 0.000550. The summed E-state index contributed by atoms with van der Waals surface area (Å²) in [5, 5.41) is 11.6. The first-order valence-corrected chi connectivity index (χ1v) is 10.2. The number of likely N-dealkylation sites (N-methyl/N-ethyl adjacent to an activating group) is 1. The number of hydrogen-bond donors (Lipinski definition) is 1. The second-order valence-electron chi connectivity index (χ2n) is 7.18. The van der Waals surface area contributed by atoms with E-state index in [1.165, 1.54) is 0 Å². The van der Waals surface area contributed by atoms with Crippen LogP contribution in [0.3, 0.4) is 0 Å². The van der Waals surface area contributed by atoms with Crippen LogP contribution in [0.4, 0.5) is 0 Å². The van der Waals surface area contributed by atoms with Crippen LogP contribution in [0.5, 0.6) is 5.75 Å². The molecule has 2 aromatic heterocycles. The van der Waals surface area contributed by atoms with E-state index in [9.17, 15) is 9.90 Å². The molecule has 1 N–H and O–H groups in total. The van der Waals surface area contributed by atoms with Crippen molar-refractivity contribution in [2.24, 2.45) is 0 Å². The fourth-order valence-electron chi connectivity index (χ4n) is 3.60. The van der Waals surface area contributed by atoms with Gasteiger partial charge in [-0.3, -0.25) is 4.79 Å². The van der Waals surface area contributed by atoms with Gasteiger partial charge in [0.15, 0.2) is 5.76 Å². The molecule has 0 aliphatic heterocycles. The van der Waals surface area contributed by atoms with E-state index in [-0.39, 0.29) is 17.8 Å². The average molecular weight is 407 g/mol. The Hall–Kier alpha value is -3.09. The Bertz CT molecular complexity index is 1190. The van der Waals surface area contributed by atoms with Crippen molar-refractivity contribution in [3.63, 3.8) is 0 Å². The zero-order chi connectivity index (χ0) is 21.1. The van der Waals surface area contributed by atoms with Crippen LogP contribution >= 0.6 is 0 Å². The summed E-state index contributed by atoms with van der Waals surface area (Å²) >= 11 is 0. The van der Waals surface area contributed by atoms with Crippen LogP contribution in [0.1, 0.15) is 13.8 Å². The van der Waals surface area contributed by atoms with Crippen LogP contribution in [0.15, 0.2) is 68.4 Å². The highest BCUT2D eigenvalue weighted by Crippen LogP contribution is 2.34. The largest absolute Gasteiger partial charge is 0.483 e. The Morgan fingerprint density at radius 2 is 1.80 bits per heavy atom.